The van der Waals surface area contributed by atoms with Crippen molar-refractivity contribution in [3.63, 3.8) is 0 Å². The Labute approximate surface area is 135 Å². The van der Waals surface area contributed by atoms with Gasteiger partial charge < -0.3 is 10.6 Å². The molecule has 1 aliphatic rings. The lowest BCUT2D eigenvalue weighted by atomic mass is 9.89. The Bertz CT molecular complexity index is 471. The maximum atomic E-state index is 12.4. The summed E-state index contributed by atoms with van der Waals surface area (Å²) in [6, 6.07) is 6.25. The van der Waals surface area contributed by atoms with Crippen LogP contribution < -0.4 is 10.6 Å². The average molecular weight is 362 g/mol. The smallest absolute Gasteiger partial charge is 0.251 e. The molecule has 112 valence electrons. The fourth-order valence-corrected chi connectivity index (χ4v) is 3.05. The van der Waals surface area contributed by atoms with Crippen LogP contribution in [0.15, 0.2) is 22.7 Å². The molecule has 3 nitrogen and oxygen atoms in total. The van der Waals surface area contributed by atoms with E-state index in [-0.39, 0.29) is 24.4 Å². The van der Waals surface area contributed by atoms with E-state index in [2.05, 4.69) is 40.4 Å². The topological polar surface area (TPSA) is 41.1 Å². The summed E-state index contributed by atoms with van der Waals surface area (Å²) in [5.41, 5.74) is 1.74. The minimum Gasteiger partial charge on any atom is -0.347 e. The van der Waals surface area contributed by atoms with Gasteiger partial charge in [0, 0.05) is 22.1 Å². The molecule has 2 N–H and O–H groups in total. The first-order valence-electron chi connectivity index (χ1n) is 6.80. The number of benzene rings is 1. The van der Waals surface area contributed by atoms with Crippen LogP contribution in [0.5, 0.6) is 0 Å². The van der Waals surface area contributed by atoms with Crippen LogP contribution in [0.25, 0.3) is 0 Å². The first-order valence-corrected chi connectivity index (χ1v) is 7.59. The standard InChI is InChI=1S/C15H21BrN2O.ClH/c1-9-7-8-17-11(3)14(9)18-15(19)12-5-4-6-13(16)10(12)2;/h4-6,9,11,14,17H,7-8H2,1-3H3,(H,18,19);1H. The van der Waals surface area contributed by atoms with Crippen molar-refractivity contribution >= 4 is 34.2 Å². The minimum atomic E-state index is 0. The summed E-state index contributed by atoms with van der Waals surface area (Å²) in [6.45, 7) is 7.33. The summed E-state index contributed by atoms with van der Waals surface area (Å²) in [4.78, 5) is 12.4. The monoisotopic (exact) mass is 360 g/mol. The molecule has 1 aromatic carbocycles. The van der Waals surface area contributed by atoms with E-state index in [1.54, 1.807) is 0 Å². The molecule has 3 unspecified atom stereocenters. The van der Waals surface area contributed by atoms with Gasteiger partial charge in [-0.1, -0.05) is 28.9 Å². The number of carbonyl (C=O) groups is 1. The molecule has 1 aliphatic heterocycles. The maximum Gasteiger partial charge on any atom is 0.251 e. The molecule has 0 aliphatic carbocycles. The second-order valence-corrected chi connectivity index (χ2v) is 6.27. The van der Waals surface area contributed by atoms with E-state index in [1.807, 2.05) is 25.1 Å². The van der Waals surface area contributed by atoms with Crippen molar-refractivity contribution in [1.82, 2.24) is 10.6 Å². The normalized spacial score (nSPS) is 25.7. The lowest BCUT2D eigenvalue weighted by molar-refractivity contribution is 0.0897. The third-order valence-electron chi connectivity index (χ3n) is 4.03. The van der Waals surface area contributed by atoms with Crippen LogP contribution in [0.4, 0.5) is 0 Å². The van der Waals surface area contributed by atoms with Gasteiger partial charge in [-0.15, -0.1) is 12.4 Å². The summed E-state index contributed by atoms with van der Waals surface area (Å²) < 4.78 is 0.975. The molecule has 0 saturated carbocycles. The van der Waals surface area contributed by atoms with Gasteiger partial charge in [-0.2, -0.15) is 0 Å². The predicted octanol–water partition coefficient (Wildman–Crippen LogP) is 3.30. The Balaban J connectivity index is 0.00000200. The molecule has 1 heterocycles. The summed E-state index contributed by atoms with van der Waals surface area (Å²) in [6.07, 6.45) is 1.10. The van der Waals surface area contributed by atoms with Gasteiger partial charge in [0.15, 0.2) is 0 Å². The highest BCUT2D eigenvalue weighted by molar-refractivity contribution is 9.10. The van der Waals surface area contributed by atoms with Crippen LogP contribution in [0, 0.1) is 12.8 Å². The average Bonchev–Trinajstić information content (AvgIpc) is 2.37. The van der Waals surface area contributed by atoms with Crippen molar-refractivity contribution in [3.05, 3.63) is 33.8 Å². The first kappa shape index (κ1) is 17.5. The molecule has 20 heavy (non-hydrogen) atoms. The van der Waals surface area contributed by atoms with E-state index in [1.165, 1.54) is 0 Å². The van der Waals surface area contributed by atoms with Gasteiger partial charge in [0.2, 0.25) is 0 Å². The number of amides is 1. The van der Waals surface area contributed by atoms with Crippen LogP contribution >= 0.6 is 28.3 Å². The van der Waals surface area contributed by atoms with E-state index >= 15 is 0 Å². The lowest BCUT2D eigenvalue weighted by Gasteiger charge is -2.36. The molecule has 1 amide bonds. The van der Waals surface area contributed by atoms with Gasteiger partial charge in [-0.05, 0) is 50.4 Å². The van der Waals surface area contributed by atoms with Crippen LogP contribution in [-0.2, 0) is 0 Å². The molecule has 2 rings (SSSR count). The first-order chi connectivity index (χ1) is 9.00. The Morgan fingerprint density at radius 2 is 2.10 bits per heavy atom. The number of hydrogen-bond donors (Lipinski definition) is 2. The van der Waals surface area contributed by atoms with Crippen molar-refractivity contribution in [2.24, 2.45) is 5.92 Å². The van der Waals surface area contributed by atoms with Gasteiger partial charge in [-0.3, -0.25) is 4.79 Å². The highest BCUT2D eigenvalue weighted by Crippen LogP contribution is 2.21. The molecule has 5 heteroatoms. The Hall–Kier alpha value is -0.580. The number of nitrogens with one attached hydrogen (secondary N) is 2. The van der Waals surface area contributed by atoms with Crippen molar-refractivity contribution in [1.29, 1.82) is 0 Å². The van der Waals surface area contributed by atoms with Crippen molar-refractivity contribution in [2.75, 3.05) is 6.54 Å². The molecule has 0 spiro atoms. The zero-order valence-electron chi connectivity index (χ0n) is 12.1. The number of rotatable bonds is 2. The summed E-state index contributed by atoms with van der Waals surface area (Å²) in [5, 5.41) is 6.60. The van der Waals surface area contributed by atoms with Crippen LogP contribution in [0.2, 0.25) is 0 Å². The predicted molar refractivity (Wildman–Crippen MR) is 88.6 cm³/mol. The van der Waals surface area contributed by atoms with Crippen molar-refractivity contribution < 1.29 is 4.79 Å². The van der Waals surface area contributed by atoms with E-state index in [0.717, 1.165) is 28.6 Å². The third-order valence-corrected chi connectivity index (χ3v) is 4.89. The second kappa shape index (κ2) is 7.43. The molecular formula is C15H22BrClN2O. The van der Waals surface area contributed by atoms with Crippen LogP contribution in [0.1, 0.15) is 36.2 Å². The molecular weight excluding hydrogens is 340 g/mol. The van der Waals surface area contributed by atoms with Crippen LogP contribution in [-0.4, -0.2) is 24.5 Å². The summed E-state index contributed by atoms with van der Waals surface area (Å²) >= 11 is 3.47. The molecule has 0 radical (unpaired) electrons. The fourth-order valence-electron chi connectivity index (χ4n) is 2.69. The molecule has 0 aromatic heterocycles. The van der Waals surface area contributed by atoms with Gasteiger partial charge in [0.05, 0.1) is 0 Å². The van der Waals surface area contributed by atoms with E-state index in [9.17, 15) is 4.79 Å². The number of halogens is 2. The SMILES string of the molecule is Cc1c(Br)cccc1C(=O)NC1C(C)CCNC1C.Cl. The van der Waals surface area contributed by atoms with Gasteiger partial charge in [0.1, 0.15) is 0 Å². The number of hydrogen-bond acceptors (Lipinski definition) is 2. The van der Waals surface area contributed by atoms with Crippen LogP contribution in [0.3, 0.4) is 0 Å². The third kappa shape index (κ3) is 3.74. The molecule has 1 saturated heterocycles. The van der Waals surface area contributed by atoms with Gasteiger partial charge in [0.25, 0.3) is 5.91 Å². The highest BCUT2D eigenvalue weighted by atomic mass is 79.9. The lowest BCUT2D eigenvalue weighted by Crippen LogP contribution is -2.56. The van der Waals surface area contributed by atoms with E-state index < -0.39 is 0 Å². The van der Waals surface area contributed by atoms with Gasteiger partial charge >= 0.3 is 0 Å². The van der Waals surface area contributed by atoms with Gasteiger partial charge in [-0.25, -0.2) is 0 Å². The Morgan fingerprint density at radius 1 is 1.40 bits per heavy atom. The van der Waals surface area contributed by atoms with Crippen molar-refractivity contribution in [2.45, 2.75) is 39.3 Å². The summed E-state index contributed by atoms with van der Waals surface area (Å²) in [7, 11) is 0. The Kier molecular flexibility index (Phi) is 6.49. The van der Waals surface area contributed by atoms with E-state index in [4.69, 9.17) is 0 Å². The van der Waals surface area contributed by atoms with Crippen molar-refractivity contribution in [3.8, 4) is 0 Å². The minimum absolute atomic E-state index is 0. The largest absolute Gasteiger partial charge is 0.347 e. The quantitative estimate of drug-likeness (QED) is 0.848. The fraction of sp³-hybridized carbons (Fsp3) is 0.533. The van der Waals surface area contributed by atoms with E-state index in [0.29, 0.717) is 12.0 Å². The summed E-state index contributed by atoms with van der Waals surface area (Å²) in [5.74, 6) is 0.527. The molecule has 1 aromatic rings. The number of carbonyl (C=O) groups excluding carboxylic acids is 1. The molecule has 0 bridgehead atoms. The zero-order chi connectivity index (χ0) is 14.0. The molecule has 3 atom stereocenters. The second-order valence-electron chi connectivity index (χ2n) is 5.42. The zero-order valence-corrected chi connectivity index (χ0v) is 14.5. The number of piperidine rings is 1. The maximum absolute atomic E-state index is 12.4. The molecule has 1 fully saturated rings. The Morgan fingerprint density at radius 3 is 2.75 bits per heavy atom. The highest BCUT2D eigenvalue weighted by Gasteiger charge is 2.29.